The van der Waals surface area contributed by atoms with Gasteiger partial charge in [0, 0.05) is 49.9 Å². The minimum Gasteiger partial charge on any atom is -0.488 e. The van der Waals surface area contributed by atoms with E-state index >= 15 is 0 Å². The Labute approximate surface area is 277 Å². The first kappa shape index (κ1) is 35.3. The molecule has 248 valence electrons. The second kappa shape index (κ2) is 16.4. The zero-order chi connectivity index (χ0) is 34.1. The molecular weight excluding hydrogens is 630 g/mol. The van der Waals surface area contributed by atoms with Gasteiger partial charge in [-0.1, -0.05) is 41.9 Å². The maximum absolute atomic E-state index is 13.8. The van der Waals surface area contributed by atoms with E-state index in [-0.39, 0.29) is 31.7 Å². The van der Waals surface area contributed by atoms with Crippen molar-refractivity contribution in [1.29, 1.82) is 0 Å². The Bertz CT molecular complexity index is 1710. The SMILES string of the molecule is CNC(=O)c1cccc(-c2cccc(COc3cc(OCc4cc(F)cc(F)c4)c(CN4CCC(O)C4)cc3Cl)c2C)c1C.O=CO. The molecule has 1 fully saturated rings. The zero-order valence-electron chi connectivity index (χ0n) is 26.4. The first-order chi connectivity index (χ1) is 22.5. The van der Waals surface area contributed by atoms with Gasteiger partial charge in [0.15, 0.2) is 0 Å². The topological polar surface area (TPSA) is 108 Å². The largest absolute Gasteiger partial charge is 0.488 e. The third-order valence-corrected chi connectivity index (χ3v) is 8.29. The lowest BCUT2D eigenvalue weighted by molar-refractivity contribution is -0.122. The fraction of sp³-hybridized carbons (Fsp3) is 0.278. The van der Waals surface area contributed by atoms with E-state index in [0.717, 1.165) is 46.0 Å². The second-order valence-electron chi connectivity index (χ2n) is 11.2. The molecule has 1 heterocycles. The van der Waals surface area contributed by atoms with Gasteiger partial charge in [-0.2, -0.15) is 0 Å². The summed E-state index contributed by atoms with van der Waals surface area (Å²) in [6.45, 7) is 5.62. The number of rotatable bonds is 10. The van der Waals surface area contributed by atoms with Crippen molar-refractivity contribution in [2.75, 3.05) is 20.1 Å². The van der Waals surface area contributed by atoms with Crippen molar-refractivity contribution in [1.82, 2.24) is 10.2 Å². The maximum Gasteiger partial charge on any atom is 0.290 e. The van der Waals surface area contributed by atoms with E-state index in [1.54, 1.807) is 19.2 Å². The summed E-state index contributed by atoms with van der Waals surface area (Å²) >= 11 is 6.70. The van der Waals surface area contributed by atoms with Gasteiger partial charge in [0.1, 0.15) is 36.3 Å². The number of carboxylic acid groups (broad SMARTS) is 1. The fourth-order valence-corrected chi connectivity index (χ4v) is 5.83. The molecule has 0 bridgehead atoms. The molecule has 1 aliphatic rings. The van der Waals surface area contributed by atoms with Crippen LogP contribution >= 0.6 is 11.6 Å². The van der Waals surface area contributed by atoms with Crippen LogP contribution in [0.25, 0.3) is 11.1 Å². The molecule has 1 amide bonds. The number of hydrogen-bond acceptors (Lipinski definition) is 6. The van der Waals surface area contributed by atoms with E-state index in [1.807, 2.05) is 50.2 Å². The molecule has 47 heavy (non-hydrogen) atoms. The van der Waals surface area contributed by atoms with E-state index in [1.165, 1.54) is 12.1 Å². The van der Waals surface area contributed by atoms with Gasteiger partial charge in [-0.3, -0.25) is 14.5 Å². The summed E-state index contributed by atoms with van der Waals surface area (Å²) in [7, 11) is 1.61. The molecule has 0 aliphatic carbocycles. The Kier molecular flexibility index (Phi) is 12.3. The van der Waals surface area contributed by atoms with Crippen molar-refractivity contribution in [3.63, 3.8) is 0 Å². The van der Waals surface area contributed by atoms with Gasteiger partial charge >= 0.3 is 0 Å². The van der Waals surface area contributed by atoms with Crippen molar-refractivity contribution in [2.45, 2.75) is 46.1 Å². The van der Waals surface area contributed by atoms with Gasteiger partial charge in [-0.25, -0.2) is 8.78 Å². The molecule has 1 unspecified atom stereocenters. The predicted octanol–water partition coefficient (Wildman–Crippen LogP) is 6.69. The smallest absolute Gasteiger partial charge is 0.290 e. The van der Waals surface area contributed by atoms with E-state index in [2.05, 4.69) is 10.2 Å². The number of nitrogens with zero attached hydrogens (tertiary/aromatic N) is 1. The van der Waals surface area contributed by atoms with Crippen molar-refractivity contribution in [3.8, 4) is 22.6 Å². The second-order valence-corrected chi connectivity index (χ2v) is 11.6. The minimum atomic E-state index is -0.678. The Hall–Kier alpha value is -4.51. The van der Waals surface area contributed by atoms with Crippen LogP contribution in [0.15, 0.2) is 66.7 Å². The number of hydrogen-bond donors (Lipinski definition) is 3. The number of aliphatic hydroxyl groups is 1. The predicted molar refractivity (Wildman–Crippen MR) is 176 cm³/mol. The standard InChI is InChI=1S/C35H35ClF2N2O4.CH2O2/c1-21-24(6-4-7-29(21)30-8-5-9-31(22(30)2)35(42)39-3)20-44-34-16-33(43-19-23-12-26(37)15-27(38)13-23)25(14-32(34)36)17-40-11-10-28(41)18-40;2-1-3/h4-9,12-16,28,41H,10-11,17-20H2,1-3H3,(H,39,42);1H,(H,2,3). The number of ether oxygens (including phenoxy) is 2. The van der Waals surface area contributed by atoms with Gasteiger partial charge in [-0.15, -0.1) is 0 Å². The Balaban J connectivity index is 0.00000160. The van der Waals surface area contributed by atoms with E-state index in [0.29, 0.717) is 47.2 Å². The summed E-state index contributed by atoms with van der Waals surface area (Å²) in [4.78, 5) is 22.8. The van der Waals surface area contributed by atoms with Crippen molar-refractivity contribution in [3.05, 3.63) is 117 Å². The number of benzene rings is 4. The Morgan fingerprint density at radius 3 is 2.23 bits per heavy atom. The molecule has 4 aromatic carbocycles. The molecule has 1 saturated heterocycles. The quantitative estimate of drug-likeness (QED) is 0.162. The van der Waals surface area contributed by atoms with Crippen LogP contribution in [0.1, 0.15) is 44.6 Å². The lowest BCUT2D eigenvalue weighted by Crippen LogP contribution is -2.22. The lowest BCUT2D eigenvalue weighted by Gasteiger charge is -2.20. The van der Waals surface area contributed by atoms with Crippen LogP contribution in [-0.4, -0.2) is 53.7 Å². The summed E-state index contributed by atoms with van der Waals surface area (Å²) in [6.07, 6.45) is 0.295. The van der Waals surface area contributed by atoms with Gasteiger partial charge in [0.05, 0.1) is 11.1 Å². The maximum atomic E-state index is 13.8. The fourth-order valence-electron chi connectivity index (χ4n) is 5.59. The van der Waals surface area contributed by atoms with E-state index in [9.17, 15) is 18.7 Å². The zero-order valence-corrected chi connectivity index (χ0v) is 27.1. The molecule has 1 aliphatic heterocycles. The molecule has 0 saturated carbocycles. The van der Waals surface area contributed by atoms with Crippen molar-refractivity contribution in [2.24, 2.45) is 0 Å². The Morgan fingerprint density at radius 2 is 1.60 bits per heavy atom. The highest BCUT2D eigenvalue weighted by Crippen LogP contribution is 2.36. The summed E-state index contributed by atoms with van der Waals surface area (Å²) in [6, 6.07) is 18.4. The van der Waals surface area contributed by atoms with Crippen molar-refractivity contribution >= 4 is 24.0 Å². The van der Waals surface area contributed by atoms with Crippen LogP contribution in [-0.2, 0) is 24.6 Å². The average molecular weight is 667 g/mol. The van der Waals surface area contributed by atoms with Crippen LogP contribution in [0.3, 0.4) is 0 Å². The molecule has 0 radical (unpaired) electrons. The Morgan fingerprint density at radius 1 is 0.957 bits per heavy atom. The third-order valence-electron chi connectivity index (χ3n) is 8.00. The first-order valence-corrected chi connectivity index (χ1v) is 15.3. The third kappa shape index (κ3) is 9.06. The molecule has 0 spiro atoms. The lowest BCUT2D eigenvalue weighted by atomic mass is 9.91. The van der Waals surface area contributed by atoms with Gasteiger partial charge in [0.25, 0.3) is 12.4 Å². The van der Waals surface area contributed by atoms with E-state index < -0.39 is 11.6 Å². The van der Waals surface area contributed by atoms with Gasteiger partial charge < -0.3 is 25.0 Å². The highest BCUT2D eigenvalue weighted by molar-refractivity contribution is 6.32. The molecule has 0 aromatic heterocycles. The molecule has 4 aromatic rings. The molecular formula is C36H37ClF2N2O6. The normalized spacial score (nSPS) is 14.2. The van der Waals surface area contributed by atoms with Crippen LogP contribution < -0.4 is 14.8 Å². The summed E-state index contributed by atoms with van der Waals surface area (Å²) in [5.74, 6) is -0.616. The first-order valence-electron chi connectivity index (χ1n) is 15.0. The van der Waals surface area contributed by atoms with Crippen LogP contribution in [0.2, 0.25) is 5.02 Å². The van der Waals surface area contributed by atoms with Crippen LogP contribution in [0, 0.1) is 25.5 Å². The van der Waals surface area contributed by atoms with Crippen LogP contribution in [0.4, 0.5) is 8.78 Å². The number of carbonyl (C=O) groups excluding carboxylic acids is 1. The molecule has 3 N–H and O–H groups in total. The summed E-state index contributed by atoms with van der Waals surface area (Å²) in [5.41, 5.74) is 6.54. The summed E-state index contributed by atoms with van der Waals surface area (Å²) < 4.78 is 39.9. The number of amides is 1. The number of β-amino-alcohol motifs (C(OH)–C–C–N with tert-alkyl or cyclic N) is 1. The average Bonchev–Trinajstić information content (AvgIpc) is 3.44. The number of halogens is 3. The molecule has 1 atom stereocenters. The van der Waals surface area contributed by atoms with Crippen molar-refractivity contribution < 1.29 is 38.1 Å². The number of nitrogens with one attached hydrogen (secondary N) is 1. The number of aliphatic hydroxyl groups excluding tert-OH is 1. The van der Waals surface area contributed by atoms with Crippen LogP contribution in [0.5, 0.6) is 11.5 Å². The van der Waals surface area contributed by atoms with Gasteiger partial charge in [-0.05, 0) is 77.9 Å². The van der Waals surface area contributed by atoms with Gasteiger partial charge in [0.2, 0.25) is 0 Å². The highest BCUT2D eigenvalue weighted by atomic mass is 35.5. The summed E-state index contributed by atoms with van der Waals surface area (Å²) in [5, 5.41) is 20.0. The number of carbonyl (C=O) groups is 2. The molecule has 5 rings (SSSR count). The van der Waals surface area contributed by atoms with E-state index in [4.69, 9.17) is 31.0 Å². The highest BCUT2D eigenvalue weighted by Gasteiger charge is 2.23. The monoisotopic (exact) mass is 666 g/mol. The minimum absolute atomic E-state index is 0.0546. The molecule has 11 heteroatoms. The molecule has 8 nitrogen and oxygen atoms in total. The number of likely N-dealkylation sites (tertiary alicyclic amines) is 1.